The SMILES string of the molecule is CS(=O)(=O)CCSc1nc(NN)ncc1F. The molecule has 1 rings (SSSR count). The van der Waals surface area contributed by atoms with Crippen molar-refractivity contribution in [2.75, 3.05) is 23.2 Å². The molecule has 0 aromatic carbocycles. The molecule has 90 valence electrons. The lowest BCUT2D eigenvalue weighted by Gasteiger charge is -2.03. The lowest BCUT2D eigenvalue weighted by atomic mass is 10.6. The molecular formula is C7H11FN4O2S2. The van der Waals surface area contributed by atoms with E-state index >= 15 is 0 Å². The highest BCUT2D eigenvalue weighted by molar-refractivity contribution is 8.00. The maximum atomic E-state index is 13.2. The number of hydrogen-bond acceptors (Lipinski definition) is 7. The zero-order chi connectivity index (χ0) is 12.2. The van der Waals surface area contributed by atoms with Crippen LogP contribution in [0.15, 0.2) is 11.2 Å². The van der Waals surface area contributed by atoms with Crippen LogP contribution in [0.2, 0.25) is 0 Å². The zero-order valence-electron chi connectivity index (χ0n) is 8.47. The smallest absolute Gasteiger partial charge is 0.238 e. The van der Waals surface area contributed by atoms with E-state index in [0.717, 1.165) is 24.2 Å². The van der Waals surface area contributed by atoms with Crippen molar-refractivity contribution in [3.05, 3.63) is 12.0 Å². The van der Waals surface area contributed by atoms with Crippen LogP contribution in [0.5, 0.6) is 0 Å². The molecule has 0 aliphatic rings. The summed E-state index contributed by atoms with van der Waals surface area (Å²) in [6.45, 7) is 0. The van der Waals surface area contributed by atoms with Gasteiger partial charge in [0.1, 0.15) is 14.9 Å². The van der Waals surface area contributed by atoms with Crippen molar-refractivity contribution in [1.82, 2.24) is 9.97 Å². The molecule has 0 amide bonds. The summed E-state index contributed by atoms with van der Waals surface area (Å²) in [6, 6.07) is 0. The fraction of sp³-hybridized carbons (Fsp3) is 0.429. The molecule has 1 heterocycles. The summed E-state index contributed by atoms with van der Waals surface area (Å²) in [6.07, 6.45) is 2.10. The van der Waals surface area contributed by atoms with Gasteiger partial charge in [-0.3, -0.25) is 5.43 Å². The standard InChI is InChI=1S/C7H11FN4O2S2/c1-16(13,14)3-2-15-6-5(8)4-10-7(11-6)12-9/h4H,2-3,9H2,1H3,(H,10,11,12). The number of hydrazine groups is 1. The van der Waals surface area contributed by atoms with E-state index in [2.05, 4.69) is 15.4 Å². The van der Waals surface area contributed by atoms with Gasteiger partial charge >= 0.3 is 0 Å². The molecule has 0 saturated heterocycles. The van der Waals surface area contributed by atoms with Crippen LogP contribution in [-0.2, 0) is 9.84 Å². The number of nitrogens with one attached hydrogen (secondary N) is 1. The molecule has 0 aliphatic carbocycles. The summed E-state index contributed by atoms with van der Waals surface area (Å²) in [7, 11) is -3.05. The van der Waals surface area contributed by atoms with Gasteiger partial charge in [0.05, 0.1) is 11.9 Å². The molecule has 1 aromatic rings. The van der Waals surface area contributed by atoms with E-state index < -0.39 is 15.7 Å². The predicted octanol–water partition coefficient (Wildman–Crippen LogP) is 0.0380. The highest BCUT2D eigenvalue weighted by Crippen LogP contribution is 2.19. The molecule has 0 radical (unpaired) electrons. The molecule has 9 heteroatoms. The van der Waals surface area contributed by atoms with Crippen LogP contribution in [0.1, 0.15) is 0 Å². The Morgan fingerprint density at radius 2 is 2.31 bits per heavy atom. The first-order chi connectivity index (χ1) is 7.42. The van der Waals surface area contributed by atoms with E-state index in [4.69, 9.17) is 5.84 Å². The molecule has 0 spiro atoms. The minimum absolute atomic E-state index is 0.0352. The second-order valence-corrected chi connectivity index (χ2v) is 6.31. The van der Waals surface area contributed by atoms with Gasteiger partial charge in [0.2, 0.25) is 5.95 Å². The largest absolute Gasteiger partial charge is 0.292 e. The zero-order valence-corrected chi connectivity index (χ0v) is 10.1. The Kier molecular flexibility index (Phi) is 4.44. The van der Waals surface area contributed by atoms with Crippen LogP contribution in [0.25, 0.3) is 0 Å². The summed E-state index contributed by atoms with van der Waals surface area (Å²) >= 11 is 1.00. The Morgan fingerprint density at radius 1 is 1.62 bits per heavy atom. The van der Waals surface area contributed by atoms with Crippen LogP contribution < -0.4 is 11.3 Å². The van der Waals surface area contributed by atoms with Gasteiger partial charge in [0, 0.05) is 12.0 Å². The van der Waals surface area contributed by atoms with Crippen molar-refractivity contribution in [1.29, 1.82) is 0 Å². The maximum Gasteiger partial charge on any atom is 0.238 e. The number of rotatable bonds is 5. The number of nitrogens with two attached hydrogens (primary N) is 1. The van der Waals surface area contributed by atoms with Gasteiger partial charge in [0.25, 0.3) is 0 Å². The first-order valence-electron chi connectivity index (χ1n) is 4.22. The van der Waals surface area contributed by atoms with Crippen LogP contribution in [0.4, 0.5) is 10.3 Å². The first-order valence-corrected chi connectivity index (χ1v) is 7.26. The Bertz CT molecular complexity index is 465. The second kappa shape index (κ2) is 5.41. The Balaban J connectivity index is 2.66. The van der Waals surface area contributed by atoms with E-state index in [0.29, 0.717) is 0 Å². The average molecular weight is 266 g/mol. The molecule has 3 N–H and O–H groups in total. The van der Waals surface area contributed by atoms with Gasteiger partial charge in [-0.25, -0.2) is 28.6 Å². The van der Waals surface area contributed by atoms with Crippen molar-refractivity contribution < 1.29 is 12.8 Å². The third-order valence-electron chi connectivity index (χ3n) is 1.53. The quantitative estimate of drug-likeness (QED) is 0.336. The van der Waals surface area contributed by atoms with Gasteiger partial charge in [0.15, 0.2) is 5.82 Å². The van der Waals surface area contributed by atoms with Crippen LogP contribution in [-0.4, -0.2) is 36.1 Å². The van der Waals surface area contributed by atoms with Gasteiger partial charge in [-0.05, 0) is 0 Å². The monoisotopic (exact) mass is 266 g/mol. The summed E-state index contributed by atoms with van der Waals surface area (Å²) in [5.74, 6) is 4.75. The average Bonchev–Trinajstić information content (AvgIpc) is 2.19. The molecule has 1 aromatic heterocycles. The highest BCUT2D eigenvalue weighted by atomic mass is 32.2. The van der Waals surface area contributed by atoms with Crippen molar-refractivity contribution >= 4 is 27.5 Å². The van der Waals surface area contributed by atoms with Gasteiger partial charge in [-0.1, -0.05) is 0 Å². The van der Waals surface area contributed by atoms with E-state index in [1.807, 2.05) is 0 Å². The number of aromatic nitrogens is 2. The van der Waals surface area contributed by atoms with Crippen LogP contribution in [0, 0.1) is 5.82 Å². The Labute approximate surface area is 96.7 Å². The number of anilines is 1. The molecule has 16 heavy (non-hydrogen) atoms. The van der Waals surface area contributed by atoms with Crippen molar-refractivity contribution in [3.8, 4) is 0 Å². The third-order valence-corrected chi connectivity index (χ3v) is 3.71. The normalized spacial score (nSPS) is 11.4. The Hall–Kier alpha value is -0.930. The van der Waals surface area contributed by atoms with E-state index in [1.165, 1.54) is 0 Å². The molecule has 0 atom stereocenters. The minimum atomic E-state index is -3.05. The van der Waals surface area contributed by atoms with E-state index in [-0.39, 0.29) is 22.5 Å². The van der Waals surface area contributed by atoms with E-state index in [9.17, 15) is 12.8 Å². The topological polar surface area (TPSA) is 98.0 Å². The lowest BCUT2D eigenvalue weighted by molar-refractivity contribution is 0.580. The van der Waals surface area contributed by atoms with Crippen LogP contribution in [0.3, 0.4) is 0 Å². The fourth-order valence-corrected chi connectivity index (χ4v) is 2.89. The van der Waals surface area contributed by atoms with Gasteiger partial charge in [-0.15, -0.1) is 11.8 Å². The van der Waals surface area contributed by atoms with Crippen molar-refractivity contribution in [2.45, 2.75) is 5.03 Å². The summed E-state index contributed by atoms with van der Waals surface area (Å²) in [4.78, 5) is 7.32. The summed E-state index contributed by atoms with van der Waals surface area (Å²) in [5, 5.41) is 0.0756. The summed E-state index contributed by atoms with van der Waals surface area (Å²) in [5.41, 5.74) is 2.18. The first kappa shape index (κ1) is 13.1. The number of hydrogen-bond donors (Lipinski definition) is 2. The molecular weight excluding hydrogens is 255 g/mol. The van der Waals surface area contributed by atoms with E-state index in [1.54, 1.807) is 0 Å². The lowest BCUT2D eigenvalue weighted by Crippen LogP contribution is -2.11. The van der Waals surface area contributed by atoms with Crippen molar-refractivity contribution in [2.24, 2.45) is 5.84 Å². The van der Waals surface area contributed by atoms with Crippen LogP contribution >= 0.6 is 11.8 Å². The molecule has 0 aliphatic heterocycles. The number of nitrogen functional groups attached to an aromatic ring is 1. The molecule has 0 unspecified atom stereocenters. The second-order valence-electron chi connectivity index (χ2n) is 2.97. The maximum absolute atomic E-state index is 13.2. The Morgan fingerprint density at radius 3 is 2.88 bits per heavy atom. The molecule has 0 fully saturated rings. The predicted molar refractivity (Wildman–Crippen MR) is 60.2 cm³/mol. The number of sulfone groups is 1. The van der Waals surface area contributed by atoms with Crippen molar-refractivity contribution in [3.63, 3.8) is 0 Å². The minimum Gasteiger partial charge on any atom is -0.292 e. The third kappa shape index (κ3) is 4.29. The van der Waals surface area contributed by atoms with Gasteiger partial charge in [-0.2, -0.15) is 0 Å². The fourth-order valence-electron chi connectivity index (χ4n) is 0.812. The number of halogens is 1. The summed E-state index contributed by atoms with van der Waals surface area (Å²) < 4.78 is 34.9. The molecule has 0 saturated carbocycles. The number of nitrogens with zero attached hydrogens (tertiary/aromatic N) is 2. The number of thioether (sulfide) groups is 1. The highest BCUT2D eigenvalue weighted by Gasteiger charge is 2.09. The molecule has 0 bridgehead atoms. The van der Waals surface area contributed by atoms with Gasteiger partial charge < -0.3 is 0 Å². The molecule has 6 nitrogen and oxygen atoms in total.